The Morgan fingerprint density at radius 3 is 2.62 bits per heavy atom. The van der Waals surface area contributed by atoms with E-state index in [2.05, 4.69) is 0 Å². The number of carboxylic acids is 1. The molecule has 0 aliphatic carbocycles. The molecule has 1 aromatic carbocycles. The average Bonchev–Trinajstić information content (AvgIpc) is 3.01. The van der Waals surface area contributed by atoms with Crippen LogP contribution >= 0.6 is 0 Å². The van der Waals surface area contributed by atoms with Crippen molar-refractivity contribution in [3.8, 4) is 11.5 Å². The number of amides is 2. The topological polar surface area (TPSA) is 96.4 Å². The molecule has 0 spiro atoms. The summed E-state index contributed by atoms with van der Waals surface area (Å²) in [6.07, 6.45) is 0.0831. The van der Waals surface area contributed by atoms with Crippen molar-refractivity contribution in [3.63, 3.8) is 0 Å². The number of anilines is 1. The largest absolute Gasteiger partial charge is 0.497 e. The number of rotatable bonds is 7. The fourth-order valence-electron chi connectivity index (χ4n) is 3.00. The molecule has 0 aromatic heterocycles. The van der Waals surface area contributed by atoms with Crippen molar-refractivity contribution >= 4 is 23.5 Å². The van der Waals surface area contributed by atoms with Crippen LogP contribution in [0.5, 0.6) is 11.5 Å². The van der Waals surface area contributed by atoms with Crippen molar-refractivity contribution in [2.75, 3.05) is 39.3 Å². The second kappa shape index (κ2) is 8.07. The number of benzene rings is 1. The van der Waals surface area contributed by atoms with Crippen LogP contribution in [0.3, 0.4) is 0 Å². The minimum Gasteiger partial charge on any atom is -0.497 e. The molecule has 1 fully saturated rings. The Labute approximate surface area is 152 Å². The third-order valence-corrected chi connectivity index (χ3v) is 4.50. The van der Waals surface area contributed by atoms with Crippen LogP contribution in [0.25, 0.3) is 0 Å². The molecule has 8 heteroatoms. The van der Waals surface area contributed by atoms with E-state index in [1.807, 2.05) is 0 Å². The Balaban J connectivity index is 2.13. The number of hydrogen-bond acceptors (Lipinski definition) is 5. The smallest absolute Gasteiger partial charge is 0.308 e. The Morgan fingerprint density at radius 1 is 1.35 bits per heavy atom. The van der Waals surface area contributed by atoms with E-state index in [9.17, 15) is 14.4 Å². The highest BCUT2D eigenvalue weighted by Gasteiger charge is 2.38. The summed E-state index contributed by atoms with van der Waals surface area (Å²) in [6.45, 7) is 1.87. The van der Waals surface area contributed by atoms with Gasteiger partial charge in [-0.2, -0.15) is 0 Å². The SMILES string of the molecule is COc1ccc(N2C[C@@H](C(=O)N(C)C[C@@H](C)C(=O)O)CC2=O)c(OC)c1. The molecule has 142 valence electrons. The molecule has 0 bridgehead atoms. The molecular weight excluding hydrogens is 340 g/mol. The highest BCUT2D eigenvalue weighted by Crippen LogP contribution is 2.36. The van der Waals surface area contributed by atoms with E-state index < -0.39 is 17.8 Å². The lowest BCUT2D eigenvalue weighted by atomic mass is 10.1. The molecule has 1 N–H and O–H groups in total. The van der Waals surface area contributed by atoms with Gasteiger partial charge in [-0.25, -0.2) is 0 Å². The number of ether oxygens (including phenoxy) is 2. The molecule has 2 rings (SSSR count). The third kappa shape index (κ3) is 4.07. The summed E-state index contributed by atoms with van der Waals surface area (Å²) in [6, 6.07) is 5.12. The molecule has 2 amide bonds. The van der Waals surface area contributed by atoms with E-state index in [0.29, 0.717) is 17.2 Å². The number of carboxylic acid groups (broad SMARTS) is 1. The molecule has 8 nitrogen and oxygen atoms in total. The summed E-state index contributed by atoms with van der Waals surface area (Å²) in [7, 11) is 4.60. The van der Waals surface area contributed by atoms with Crippen LogP contribution in [0, 0.1) is 11.8 Å². The third-order valence-electron chi connectivity index (χ3n) is 4.50. The van der Waals surface area contributed by atoms with Gasteiger partial charge in [-0.1, -0.05) is 6.92 Å². The van der Waals surface area contributed by atoms with E-state index in [1.54, 1.807) is 32.2 Å². The molecule has 1 aromatic rings. The van der Waals surface area contributed by atoms with Gasteiger partial charge < -0.3 is 24.4 Å². The highest BCUT2D eigenvalue weighted by molar-refractivity contribution is 6.01. The Bertz CT molecular complexity index is 705. The average molecular weight is 364 g/mol. The highest BCUT2D eigenvalue weighted by atomic mass is 16.5. The molecule has 1 saturated heterocycles. The molecule has 1 aliphatic rings. The number of methoxy groups -OCH3 is 2. The quantitative estimate of drug-likeness (QED) is 0.782. The lowest BCUT2D eigenvalue weighted by Crippen LogP contribution is -2.38. The van der Waals surface area contributed by atoms with Crippen LogP contribution in [0.4, 0.5) is 5.69 Å². The zero-order chi connectivity index (χ0) is 19.4. The van der Waals surface area contributed by atoms with Gasteiger partial charge in [-0.3, -0.25) is 14.4 Å². The first-order valence-electron chi connectivity index (χ1n) is 8.28. The Hall–Kier alpha value is -2.77. The lowest BCUT2D eigenvalue weighted by molar-refractivity contribution is -0.143. The van der Waals surface area contributed by atoms with Crippen molar-refractivity contribution in [2.24, 2.45) is 11.8 Å². The summed E-state index contributed by atoms with van der Waals surface area (Å²) in [4.78, 5) is 38.9. The predicted molar refractivity (Wildman–Crippen MR) is 94.4 cm³/mol. The van der Waals surface area contributed by atoms with E-state index in [-0.39, 0.29) is 31.3 Å². The van der Waals surface area contributed by atoms with Crippen LogP contribution in [0.15, 0.2) is 18.2 Å². The summed E-state index contributed by atoms with van der Waals surface area (Å²) in [5, 5.41) is 8.99. The monoisotopic (exact) mass is 364 g/mol. The summed E-state index contributed by atoms with van der Waals surface area (Å²) < 4.78 is 10.5. The second-order valence-corrected chi connectivity index (χ2v) is 6.40. The molecule has 0 radical (unpaired) electrons. The first-order chi connectivity index (χ1) is 12.3. The van der Waals surface area contributed by atoms with Crippen LogP contribution < -0.4 is 14.4 Å². The first-order valence-corrected chi connectivity index (χ1v) is 8.28. The van der Waals surface area contributed by atoms with Gasteiger partial charge in [0.2, 0.25) is 11.8 Å². The van der Waals surface area contributed by atoms with Crippen LogP contribution in [-0.2, 0) is 14.4 Å². The summed E-state index contributed by atoms with van der Waals surface area (Å²) in [5.41, 5.74) is 0.579. The normalized spacial score (nSPS) is 17.8. The van der Waals surface area contributed by atoms with E-state index in [1.165, 1.54) is 24.0 Å². The number of aliphatic carboxylic acids is 1. The fraction of sp³-hybridized carbons (Fsp3) is 0.500. The van der Waals surface area contributed by atoms with Crippen molar-refractivity contribution < 1.29 is 29.0 Å². The summed E-state index contributed by atoms with van der Waals surface area (Å²) >= 11 is 0. The zero-order valence-electron chi connectivity index (χ0n) is 15.4. The van der Waals surface area contributed by atoms with Gasteiger partial charge in [0.05, 0.1) is 31.7 Å². The van der Waals surface area contributed by atoms with Crippen molar-refractivity contribution in [1.82, 2.24) is 4.90 Å². The van der Waals surface area contributed by atoms with Crippen LogP contribution in [-0.4, -0.2) is 62.1 Å². The van der Waals surface area contributed by atoms with E-state index in [0.717, 1.165) is 0 Å². The lowest BCUT2D eigenvalue weighted by Gasteiger charge is -2.23. The first kappa shape index (κ1) is 19.6. The number of hydrogen-bond donors (Lipinski definition) is 1. The molecule has 2 atom stereocenters. The molecule has 1 heterocycles. The van der Waals surface area contributed by atoms with E-state index >= 15 is 0 Å². The number of carbonyl (C=O) groups excluding carboxylic acids is 2. The molecule has 1 aliphatic heterocycles. The van der Waals surface area contributed by atoms with Gasteiger partial charge in [-0.05, 0) is 12.1 Å². The second-order valence-electron chi connectivity index (χ2n) is 6.40. The van der Waals surface area contributed by atoms with Gasteiger partial charge >= 0.3 is 5.97 Å². The van der Waals surface area contributed by atoms with Crippen LogP contribution in [0.2, 0.25) is 0 Å². The van der Waals surface area contributed by atoms with Gasteiger partial charge in [0.1, 0.15) is 11.5 Å². The number of carbonyl (C=O) groups is 3. The maximum absolute atomic E-state index is 12.6. The maximum Gasteiger partial charge on any atom is 0.308 e. The van der Waals surface area contributed by atoms with Crippen molar-refractivity contribution in [2.45, 2.75) is 13.3 Å². The fourth-order valence-corrected chi connectivity index (χ4v) is 3.00. The van der Waals surface area contributed by atoms with E-state index in [4.69, 9.17) is 14.6 Å². The van der Waals surface area contributed by atoms with Gasteiger partial charge in [0.25, 0.3) is 0 Å². The van der Waals surface area contributed by atoms with Gasteiger partial charge in [0, 0.05) is 32.6 Å². The molecular formula is C18H24N2O6. The Morgan fingerprint density at radius 2 is 2.04 bits per heavy atom. The van der Waals surface area contributed by atoms with Crippen LogP contribution in [0.1, 0.15) is 13.3 Å². The van der Waals surface area contributed by atoms with Crippen molar-refractivity contribution in [1.29, 1.82) is 0 Å². The van der Waals surface area contributed by atoms with Gasteiger partial charge in [-0.15, -0.1) is 0 Å². The zero-order valence-corrected chi connectivity index (χ0v) is 15.4. The molecule has 0 saturated carbocycles. The predicted octanol–water partition coefficient (Wildman–Crippen LogP) is 1.24. The molecule has 0 unspecified atom stereocenters. The minimum atomic E-state index is -0.961. The standard InChI is InChI=1S/C18H24N2O6/c1-11(18(23)24)9-19(2)17(22)12-7-16(21)20(10-12)14-6-5-13(25-3)8-15(14)26-4/h5-6,8,11-12H,7,9-10H2,1-4H3,(H,23,24)/t11-,12+/m1/s1. The van der Waals surface area contributed by atoms with Gasteiger partial charge in [0.15, 0.2) is 0 Å². The summed E-state index contributed by atoms with van der Waals surface area (Å²) in [5.74, 6) is -1.46. The van der Waals surface area contributed by atoms with Crippen molar-refractivity contribution in [3.05, 3.63) is 18.2 Å². The number of nitrogens with zero attached hydrogens (tertiary/aromatic N) is 2. The minimum absolute atomic E-state index is 0.0831. The maximum atomic E-state index is 12.6. The Kier molecular flexibility index (Phi) is 6.07. The molecule has 26 heavy (non-hydrogen) atoms.